The Hall–Kier alpha value is -2.62. The zero-order valence-corrected chi connectivity index (χ0v) is 13.0. The summed E-state index contributed by atoms with van der Waals surface area (Å²) < 4.78 is 27.9. The van der Waals surface area contributed by atoms with Gasteiger partial charge < -0.3 is 5.32 Å². The van der Waals surface area contributed by atoms with Crippen molar-refractivity contribution < 1.29 is 13.2 Å². The number of aromatic nitrogens is 3. The van der Waals surface area contributed by atoms with E-state index in [9.17, 15) is 13.2 Å². The highest BCUT2D eigenvalue weighted by Gasteiger charge is 2.35. The van der Waals surface area contributed by atoms with E-state index in [1.807, 2.05) is 0 Å². The molecule has 0 bridgehead atoms. The molecule has 0 spiro atoms. The number of nitrogens with one attached hydrogen (secondary N) is 1. The Morgan fingerprint density at radius 2 is 1.82 bits per heavy atom. The fraction of sp³-hybridized carbons (Fsp3) is 0.250. The lowest BCUT2D eigenvalue weighted by Gasteiger charge is -2.13. The Bertz CT molecular complexity index is 859. The largest absolute Gasteiger partial charge is 0.326 e. The molecule has 1 N–H and O–H groups in total. The van der Waals surface area contributed by atoms with Gasteiger partial charge in [0.25, 0.3) is 5.91 Å². The molecule has 1 aromatic carbocycles. The van der Waals surface area contributed by atoms with Gasteiger partial charge in [0, 0.05) is 26.8 Å². The number of anilines is 3. The summed E-state index contributed by atoms with van der Waals surface area (Å²) in [5, 5.41) is 10.1. The van der Waals surface area contributed by atoms with E-state index in [1.165, 1.54) is 33.6 Å². The molecule has 1 aliphatic rings. The zero-order chi connectivity index (χ0) is 16.1. The van der Waals surface area contributed by atoms with Crippen LogP contribution in [0.2, 0.25) is 0 Å². The number of benzene rings is 1. The maximum Gasteiger partial charge on any atom is 0.326 e. The third-order valence-electron chi connectivity index (χ3n) is 3.44. The van der Waals surface area contributed by atoms with Crippen molar-refractivity contribution >= 4 is 33.2 Å². The molecule has 0 saturated heterocycles. The van der Waals surface area contributed by atoms with Crippen LogP contribution in [0, 0.1) is 0 Å². The first-order valence-electron chi connectivity index (χ1n) is 6.35. The van der Waals surface area contributed by atoms with E-state index < -0.39 is 16.1 Å². The van der Waals surface area contributed by atoms with Crippen molar-refractivity contribution in [3.63, 3.8) is 0 Å². The summed E-state index contributed by atoms with van der Waals surface area (Å²) in [6, 6.07) is 4.88. The number of rotatable bonds is 2. The van der Waals surface area contributed by atoms with Crippen LogP contribution < -0.4 is 13.9 Å². The van der Waals surface area contributed by atoms with Crippen LogP contribution in [0.1, 0.15) is 10.5 Å². The first kappa shape index (κ1) is 14.3. The summed E-state index contributed by atoms with van der Waals surface area (Å²) in [6.45, 7) is 0. The summed E-state index contributed by atoms with van der Waals surface area (Å²) in [4.78, 5) is 12.0. The van der Waals surface area contributed by atoms with Crippen LogP contribution in [-0.4, -0.2) is 43.4 Å². The van der Waals surface area contributed by atoms with E-state index in [4.69, 9.17) is 0 Å². The maximum atomic E-state index is 12.1. The van der Waals surface area contributed by atoms with E-state index in [2.05, 4.69) is 15.6 Å². The molecule has 1 aromatic heterocycles. The molecule has 22 heavy (non-hydrogen) atoms. The molecule has 0 saturated carbocycles. The fourth-order valence-electron chi connectivity index (χ4n) is 2.20. The fourth-order valence-corrected chi connectivity index (χ4v) is 3.36. The number of amides is 1. The van der Waals surface area contributed by atoms with Crippen LogP contribution in [0.5, 0.6) is 0 Å². The van der Waals surface area contributed by atoms with Gasteiger partial charge in [-0.3, -0.25) is 18.1 Å². The minimum absolute atomic E-state index is 0.182. The average Bonchev–Trinajstić information content (AvgIpc) is 2.97. The third-order valence-corrected chi connectivity index (χ3v) is 5.22. The van der Waals surface area contributed by atoms with Gasteiger partial charge in [0.1, 0.15) is 0 Å². The van der Waals surface area contributed by atoms with E-state index in [0.717, 1.165) is 0 Å². The lowest BCUT2D eigenvalue weighted by molar-refractivity contribution is 0.102. The van der Waals surface area contributed by atoms with Crippen molar-refractivity contribution in [2.75, 3.05) is 28.0 Å². The highest BCUT2D eigenvalue weighted by molar-refractivity contribution is 7.94. The molecule has 9 nitrogen and oxygen atoms in total. The minimum atomic E-state index is -3.53. The van der Waals surface area contributed by atoms with Crippen LogP contribution >= 0.6 is 0 Å². The van der Waals surface area contributed by atoms with Gasteiger partial charge in [-0.2, -0.15) is 8.42 Å². The Balaban J connectivity index is 1.90. The van der Waals surface area contributed by atoms with Crippen LogP contribution in [0.4, 0.5) is 17.1 Å². The number of hydrogen-bond donors (Lipinski definition) is 1. The van der Waals surface area contributed by atoms with Crippen molar-refractivity contribution in [2.45, 2.75) is 0 Å². The second-order valence-corrected chi connectivity index (χ2v) is 6.87. The third kappa shape index (κ3) is 2.08. The Labute approximate surface area is 127 Å². The van der Waals surface area contributed by atoms with Gasteiger partial charge in [-0.15, -0.1) is 5.10 Å². The number of carbonyl (C=O) groups excluding carboxylic acids is 1. The minimum Gasteiger partial charge on any atom is -0.320 e. The number of hydrogen-bond acceptors (Lipinski definition) is 5. The Morgan fingerprint density at radius 3 is 2.45 bits per heavy atom. The predicted octanol–water partition coefficient (Wildman–Crippen LogP) is 0.198. The van der Waals surface area contributed by atoms with Crippen molar-refractivity contribution in [1.29, 1.82) is 0 Å². The monoisotopic (exact) mass is 322 g/mol. The van der Waals surface area contributed by atoms with Gasteiger partial charge >= 0.3 is 10.2 Å². The highest BCUT2D eigenvalue weighted by Crippen LogP contribution is 2.40. The second kappa shape index (κ2) is 4.70. The summed E-state index contributed by atoms with van der Waals surface area (Å²) >= 11 is 0. The quantitative estimate of drug-likeness (QED) is 0.851. The van der Waals surface area contributed by atoms with Crippen molar-refractivity contribution in [3.05, 3.63) is 30.1 Å². The summed E-state index contributed by atoms with van der Waals surface area (Å²) in [7, 11) is 1.08. The maximum absolute atomic E-state index is 12.1. The number of fused-ring (bicyclic) bond motifs is 1. The zero-order valence-electron chi connectivity index (χ0n) is 12.2. The molecule has 0 fully saturated rings. The molecular weight excluding hydrogens is 308 g/mol. The summed E-state index contributed by atoms with van der Waals surface area (Å²) in [5.74, 6) is -0.412. The second-order valence-electron chi connectivity index (χ2n) is 4.88. The van der Waals surface area contributed by atoms with E-state index in [1.54, 1.807) is 25.2 Å². The van der Waals surface area contributed by atoms with Crippen LogP contribution in [-0.2, 0) is 17.3 Å². The topological polar surface area (TPSA) is 100 Å². The van der Waals surface area contributed by atoms with Crippen molar-refractivity contribution in [3.8, 4) is 0 Å². The first-order chi connectivity index (χ1) is 10.3. The highest BCUT2D eigenvalue weighted by atomic mass is 32.2. The molecule has 3 rings (SSSR count). The molecule has 0 unspecified atom stereocenters. The molecule has 0 radical (unpaired) electrons. The van der Waals surface area contributed by atoms with Crippen molar-refractivity contribution in [2.24, 2.45) is 7.05 Å². The van der Waals surface area contributed by atoms with Gasteiger partial charge in [0.05, 0.1) is 17.6 Å². The molecule has 2 aromatic rings. The van der Waals surface area contributed by atoms with Gasteiger partial charge in [-0.1, -0.05) is 5.21 Å². The Morgan fingerprint density at radius 1 is 1.14 bits per heavy atom. The molecule has 0 atom stereocenters. The number of aryl methyl sites for hydroxylation is 1. The van der Waals surface area contributed by atoms with Gasteiger partial charge in [0.15, 0.2) is 5.69 Å². The average molecular weight is 322 g/mol. The molecule has 10 heteroatoms. The molecule has 1 aliphatic heterocycles. The standard InChI is InChI=1S/C12H14N6O3S/c1-16-7-9(14-15-16)12(19)13-8-4-5-10-11(6-8)18(3)22(20,21)17(10)2/h4-7H,1-3H3,(H,13,19). The summed E-state index contributed by atoms with van der Waals surface area (Å²) in [6.07, 6.45) is 1.49. The predicted molar refractivity (Wildman–Crippen MR) is 81.1 cm³/mol. The van der Waals surface area contributed by atoms with Gasteiger partial charge in [-0.05, 0) is 18.2 Å². The van der Waals surface area contributed by atoms with E-state index >= 15 is 0 Å². The molecular formula is C12H14N6O3S. The SMILES string of the molecule is CN1c2ccc(NC(=O)c3cn(C)nn3)cc2N(C)S1(=O)=O. The van der Waals surface area contributed by atoms with Gasteiger partial charge in [0.2, 0.25) is 0 Å². The van der Waals surface area contributed by atoms with Crippen LogP contribution in [0.25, 0.3) is 0 Å². The molecule has 116 valence electrons. The summed E-state index contributed by atoms with van der Waals surface area (Å²) in [5.41, 5.74) is 1.72. The van der Waals surface area contributed by atoms with Crippen LogP contribution in [0.15, 0.2) is 24.4 Å². The molecule has 0 aliphatic carbocycles. The number of nitrogens with zero attached hydrogens (tertiary/aromatic N) is 5. The molecule has 2 heterocycles. The smallest absolute Gasteiger partial charge is 0.320 e. The van der Waals surface area contributed by atoms with Crippen molar-refractivity contribution in [1.82, 2.24) is 15.0 Å². The lowest BCUT2D eigenvalue weighted by atomic mass is 10.2. The van der Waals surface area contributed by atoms with Crippen LogP contribution in [0.3, 0.4) is 0 Å². The first-order valence-corrected chi connectivity index (χ1v) is 7.75. The van der Waals surface area contributed by atoms with E-state index in [0.29, 0.717) is 17.1 Å². The van der Waals surface area contributed by atoms with Gasteiger partial charge in [-0.25, -0.2) is 0 Å². The molecule has 1 amide bonds. The number of carbonyl (C=O) groups is 1. The lowest BCUT2D eigenvalue weighted by Crippen LogP contribution is -2.32. The normalized spacial score (nSPS) is 15.8. The van der Waals surface area contributed by atoms with E-state index in [-0.39, 0.29) is 5.69 Å². The Kier molecular flexibility index (Phi) is 3.06.